The van der Waals surface area contributed by atoms with E-state index >= 15 is 0 Å². The highest BCUT2D eigenvalue weighted by Gasteiger charge is 2.28. The smallest absolute Gasteiger partial charge is 0.407 e. The molecule has 0 spiro atoms. The number of phenols is 1. The largest absolute Gasteiger partial charge is 0.504 e. The molecule has 1 aliphatic carbocycles. The third-order valence-electron chi connectivity index (χ3n) is 5.55. The highest BCUT2D eigenvalue weighted by Crippen LogP contribution is 2.44. The van der Waals surface area contributed by atoms with Crippen LogP contribution in [0.5, 0.6) is 11.5 Å². The quantitative estimate of drug-likeness (QED) is 0.334. The molecule has 0 bridgehead atoms. The number of benzene rings is 3. The van der Waals surface area contributed by atoms with E-state index in [0.717, 1.165) is 11.1 Å². The fourth-order valence-electron chi connectivity index (χ4n) is 3.99. The van der Waals surface area contributed by atoms with E-state index in [-0.39, 0.29) is 29.6 Å². The molecule has 0 saturated carbocycles. The molecule has 0 aliphatic heterocycles. The summed E-state index contributed by atoms with van der Waals surface area (Å²) in [5, 5.41) is 12.6. The molecule has 3 aromatic carbocycles. The van der Waals surface area contributed by atoms with Crippen LogP contribution in [-0.4, -0.2) is 37.7 Å². The second-order valence-corrected chi connectivity index (χ2v) is 7.54. The number of aromatic hydroxyl groups is 1. The van der Waals surface area contributed by atoms with Crippen molar-refractivity contribution in [1.82, 2.24) is 5.32 Å². The lowest BCUT2D eigenvalue weighted by atomic mass is 9.98. The molecule has 0 unspecified atom stereocenters. The van der Waals surface area contributed by atoms with Gasteiger partial charge in [0.05, 0.1) is 12.7 Å². The Bertz CT molecular complexity index is 1210. The number of hydrogen-bond donors (Lipinski definition) is 2. The van der Waals surface area contributed by atoms with Crippen molar-refractivity contribution in [3.63, 3.8) is 0 Å². The van der Waals surface area contributed by atoms with Crippen LogP contribution in [0.1, 0.15) is 39.4 Å². The van der Waals surface area contributed by atoms with Crippen LogP contribution in [0.2, 0.25) is 0 Å². The molecule has 1 amide bonds. The van der Waals surface area contributed by atoms with Gasteiger partial charge in [-0.05, 0) is 34.4 Å². The van der Waals surface area contributed by atoms with E-state index in [1.807, 2.05) is 24.3 Å². The van der Waals surface area contributed by atoms with Gasteiger partial charge in [-0.25, -0.2) is 4.79 Å². The number of phenolic OH excluding ortho intramolecular Hbond substituents is 1. The standard InChI is InChI=1S/C27H23NO5/c1-32-25-15-18(14-19(16-29)26(25)30)8-6-7-13-28-27(31)33-17-24-22-11-4-2-9-20(22)21-10-3-5-12-23(21)24/h2-5,9-12,14-16,24,30H,7,13,17H2,1H3,(H,28,31). The van der Waals surface area contributed by atoms with Gasteiger partial charge in [-0.15, -0.1) is 0 Å². The summed E-state index contributed by atoms with van der Waals surface area (Å²) in [6, 6.07) is 19.4. The SMILES string of the molecule is COc1cc(C#CCCNC(=O)OCC2c3ccccc3-c3ccccc32)cc(C=O)c1O. The Morgan fingerprint density at radius 3 is 2.39 bits per heavy atom. The topological polar surface area (TPSA) is 84.9 Å². The van der Waals surface area contributed by atoms with Crippen molar-refractivity contribution < 1.29 is 24.2 Å². The minimum absolute atomic E-state index is 0.0134. The molecule has 0 saturated heterocycles. The molecule has 0 radical (unpaired) electrons. The Labute approximate surface area is 192 Å². The summed E-state index contributed by atoms with van der Waals surface area (Å²) in [7, 11) is 1.40. The zero-order valence-corrected chi connectivity index (χ0v) is 18.1. The molecular formula is C27H23NO5. The van der Waals surface area contributed by atoms with Gasteiger partial charge in [-0.2, -0.15) is 0 Å². The number of ether oxygens (including phenoxy) is 2. The molecule has 33 heavy (non-hydrogen) atoms. The summed E-state index contributed by atoms with van der Waals surface area (Å²) in [6.07, 6.45) is 0.444. The van der Waals surface area contributed by atoms with Crippen molar-refractivity contribution in [3.05, 3.63) is 82.9 Å². The van der Waals surface area contributed by atoms with Gasteiger partial charge >= 0.3 is 6.09 Å². The average molecular weight is 441 g/mol. The van der Waals surface area contributed by atoms with Crippen LogP contribution in [0.25, 0.3) is 11.1 Å². The van der Waals surface area contributed by atoms with Crippen LogP contribution in [0.3, 0.4) is 0 Å². The second kappa shape index (κ2) is 9.92. The third-order valence-corrected chi connectivity index (χ3v) is 5.55. The Kier molecular flexibility index (Phi) is 6.61. The molecule has 0 atom stereocenters. The first-order valence-electron chi connectivity index (χ1n) is 10.6. The molecule has 0 heterocycles. The van der Waals surface area contributed by atoms with E-state index in [4.69, 9.17) is 9.47 Å². The minimum Gasteiger partial charge on any atom is -0.504 e. The first kappa shape index (κ1) is 22.0. The summed E-state index contributed by atoms with van der Waals surface area (Å²) < 4.78 is 10.5. The third kappa shape index (κ3) is 4.68. The zero-order chi connectivity index (χ0) is 23.2. The van der Waals surface area contributed by atoms with Crippen molar-refractivity contribution in [3.8, 4) is 34.5 Å². The highest BCUT2D eigenvalue weighted by molar-refractivity contribution is 5.82. The number of carbonyl (C=O) groups is 2. The predicted octanol–water partition coefficient (Wildman–Crippen LogP) is 4.49. The summed E-state index contributed by atoms with van der Waals surface area (Å²) in [5.41, 5.74) is 5.33. The van der Waals surface area contributed by atoms with E-state index in [1.54, 1.807) is 6.07 Å². The maximum Gasteiger partial charge on any atom is 0.407 e. The van der Waals surface area contributed by atoms with E-state index in [2.05, 4.69) is 41.4 Å². The zero-order valence-electron chi connectivity index (χ0n) is 18.1. The van der Waals surface area contributed by atoms with E-state index in [9.17, 15) is 14.7 Å². The van der Waals surface area contributed by atoms with Crippen LogP contribution >= 0.6 is 0 Å². The van der Waals surface area contributed by atoms with E-state index in [1.165, 1.54) is 24.3 Å². The number of alkyl carbamates (subject to hydrolysis) is 1. The lowest BCUT2D eigenvalue weighted by Crippen LogP contribution is -2.26. The summed E-state index contributed by atoms with van der Waals surface area (Å²) in [4.78, 5) is 23.3. The van der Waals surface area contributed by atoms with Gasteiger partial charge in [0, 0.05) is 24.4 Å². The van der Waals surface area contributed by atoms with Gasteiger partial charge in [0.2, 0.25) is 0 Å². The van der Waals surface area contributed by atoms with Gasteiger partial charge in [0.1, 0.15) is 6.61 Å². The Balaban J connectivity index is 1.30. The number of methoxy groups -OCH3 is 1. The fourth-order valence-corrected chi connectivity index (χ4v) is 3.99. The van der Waals surface area contributed by atoms with Crippen molar-refractivity contribution in [1.29, 1.82) is 0 Å². The Hall–Kier alpha value is -4.24. The molecule has 6 heteroatoms. The maximum absolute atomic E-state index is 12.2. The number of carbonyl (C=O) groups excluding carboxylic acids is 2. The molecule has 2 N–H and O–H groups in total. The highest BCUT2D eigenvalue weighted by atomic mass is 16.5. The van der Waals surface area contributed by atoms with Crippen molar-refractivity contribution in [2.24, 2.45) is 0 Å². The van der Waals surface area contributed by atoms with Crippen LogP contribution in [0, 0.1) is 11.8 Å². The van der Waals surface area contributed by atoms with Crippen molar-refractivity contribution in [2.75, 3.05) is 20.3 Å². The molecule has 1 aliphatic rings. The van der Waals surface area contributed by atoms with Crippen LogP contribution < -0.4 is 10.1 Å². The lowest BCUT2D eigenvalue weighted by molar-refractivity contribution is 0.112. The van der Waals surface area contributed by atoms with Crippen LogP contribution in [0.4, 0.5) is 4.79 Å². The minimum atomic E-state index is -0.492. The summed E-state index contributed by atoms with van der Waals surface area (Å²) >= 11 is 0. The normalized spacial score (nSPS) is 11.5. The molecular weight excluding hydrogens is 418 g/mol. The first-order valence-corrected chi connectivity index (χ1v) is 10.6. The maximum atomic E-state index is 12.2. The van der Waals surface area contributed by atoms with E-state index in [0.29, 0.717) is 24.8 Å². The molecule has 6 nitrogen and oxygen atoms in total. The molecule has 166 valence electrons. The van der Waals surface area contributed by atoms with E-state index < -0.39 is 6.09 Å². The molecule has 4 rings (SSSR count). The van der Waals surface area contributed by atoms with Gasteiger partial charge in [-0.1, -0.05) is 60.4 Å². The first-order chi connectivity index (χ1) is 16.1. The predicted molar refractivity (Wildman–Crippen MR) is 125 cm³/mol. The van der Waals surface area contributed by atoms with Crippen LogP contribution in [0.15, 0.2) is 60.7 Å². The van der Waals surface area contributed by atoms with Gasteiger partial charge in [0.15, 0.2) is 17.8 Å². The molecule has 0 fully saturated rings. The Morgan fingerprint density at radius 2 is 1.76 bits per heavy atom. The molecule has 0 aromatic heterocycles. The number of amides is 1. The second-order valence-electron chi connectivity index (χ2n) is 7.54. The molecule has 3 aromatic rings. The van der Waals surface area contributed by atoms with Gasteiger partial charge in [0.25, 0.3) is 0 Å². The number of aldehydes is 1. The average Bonchev–Trinajstić information content (AvgIpc) is 3.17. The number of fused-ring (bicyclic) bond motifs is 3. The Morgan fingerprint density at radius 1 is 1.09 bits per heavy atom. The number of rotatable bonds is 6. The number of nitrogens with one attached hydrogen (secondary N) is 1. The van der Waals surface area contributed by atoms with Crippen molar-refractivity contribution in [2.45, 2.75) is 12.3 Å². The van der Waals surface area contributed by atoms with Crippen molar-refractivity contribution >= 4 is 12.4 Å². The van der Waals surface area contributed by atoms with Gasteiger partial charge in [-0.3, -0.25) is 4.79 Å². The lowest BCUT2D eigenvalue weighted by Gasteiger charge is -2.14. The van der Waals surface area contributed by atoms with Crippen LogP contribution in [-0.2, 0) is 4.74 Å². The number of hydrogen-bond acceptors (Lipinski definition) is 5. The summed E-state index contributed by atoms with van der Waals surface area (Å²) in [6.45, 7) is 0.576. The monoisotopic (exact) mass is 441 g/mol. The summed E-state index contributed by atoms with van der Waals surface area (Å²) in [5.74, 6) is 5.81. The fraction of sp³-hybridized carbons (Fsp3) is 0.185. The van der Waals surface area contributed by atoms with Gasteiger partial charge < -0.3 is 19.9 Å².